The van der Waals surface area contributed by atoms with Crippen LogP contribution in [0.25, 0.3) is 0 Å². The molecule has 0 radical (unpaired) electrons. The maximum Gasteiger partial charge on any atom is 0.278 e. The Balaban J connectivity index is 1.25. The van der Waals surface area contributed by atoms with E-state index in [0.29, 0.717) is 36.9 Å². The molecule has 9 heteroatoms. The zero-order chi connectivity index (χ0) is 22.8. The van der Waals surface area contributed by atoms with Gasteiger partial charge in [0.1, 0.15) is 18.9 Å². The monoisotopic (exact) mass is 446 g/mol. The SMILES string of the molecule is O=C(CCn1nc(C(=O)N2CCc3ccccc32)ccc1=O)Nc1ccc2c(c1)OCCO2. The number of benzene rings is 2. The highest BCUT2D eigenvalue weighted by Gasteiger charge is 2.26. The molecule has 3 aromatic rings. The summed E-state index contributed by atoms with van der Waals surface area (Å²) in [6.07, 6.45) is 0.799. The van der Waals surface area contributed by atoms with Crippen LogP contribution in [0, 0.1) is 0 Å². The number of hydrogen-bond donors (Lipinski definition) is 1. The Bertz CT molecular complexity index is 1290. The van der Waals surface area contributed by atoms with E-state index in [2.05, 4.69) is 10.4 Å². The average Bonchev–Trinajstić information content (AvgIpc) is 3.27. The molecule has 2 aliphatic heterocycles. The fourth-order valence-electron chi connectivity index (χ4n) is 3.96. The second-order valence-electron chi connectivity index (χ2n) is 7.77. The van der Waals surface area contributed by atoms with Crippen molar-refractivity contribution in [3.05, 3.63) is 76.2 Å². The van der Waals surface area contributed by atoms with E-state index in [1.54, 1.807) is 23.1 Å². The molecule has 5 rings (SSSR count). The minimum Gasteiger partial charge on any atom is -0.486 e. The number of carbonyl (C=O) groups is 2. The fraction of sp³-hybridized carbons (Fsp3) is 0.250. The molecule has 0 atom stereocenters. The molecule has 0 aliphatic carbocycles. The summed E-state index contributed by atoms with van der Waals surface area (Å²) in [5.74, 6) is 0.656. The van der Waals surface area contributed by atoms with Gasteiger partial charge in [-0.05, 0) is 36.2 Å². The minimum absolute atomic E-state index is 0.0194. The second kappa shape index (κ2) is 8.78. The summed E-state index contributed by atoms with van der Waals surface area (Å²) in [5, 5.41) is 7.00. The van der Waals surface area contributed by atoms with Crippen LogP contribution in [-0.4, -0.2) is 41.4 Å². The first-order valence-electron chi connectivity index (χ1n) is 10.8. The summed E-state index contributed by atoms with van der Waals surface area (Å²) in [5.41, 5.74) is 2.33. The number of hydrogen-bond acceptors (Lipinski definition) is 6. The van der Waals surface area contributed by atoms with Gasteiger partial charge in [-0.15, -0.1) is 0 Å². The predicted molar refractivity (Wildman–Crippen MR) is 121 cm³/mol. The van der Waals surface area contributed by atoms with Gasteiger partial charge in [0.2, 0.25) is 5.91 Å². The van der Waals surface area contributed by atoms with Crippen LogP contribution in [0.5, 0.6) is 11.5 Å². The summed E-state index contributed by atoms with van der Waals surface area (Å²) < 4.78 is 12.1. The topological polar surface area (TPSA) is 103 Å². The third-order valence-corrected chi connectivity index (χ3v) is 5.59. The number of aryl methyl sites for hydroxylation is 1. The van der Waals surface area contributed by atoms with Crippen LogP contribution in [0.3, 0.4) is 0 Å². The van der Waals surface area contributed by atoms with Crippen molar-refractivity contribution in [1.82, 2.24) is 9.78 Å². The Morgan fingerprint density at radius 2 is 1.82 bits per heavy atom. The van der Waals surface area contributed by atoms with Gasteiger partial charge in [-0.3, -0.25) is 14.4 Å². The lowest BCUT2D eigenvalue weighted by molar-refractivity contribution is -0.116. The maximum atomic E-state index is 13.0. The number of para-hydroxylation sites is 1. The normalized spacial score (nSPS) is 14.0. The number of amides is 2. The van der Waals surface area contributed by atoms with Crippen molar-refractivity contribution in [3.63, 3.8) is 0 Å². The van der Waals surface area contributed by atoms with Crippen LogP contribution in [0.2, 0.25) is 0 Å². The van der Waals surface area contributed by atoms with E-state index >= 15 is 0 Å². The van der Waals surface area contributed by atoms with Gasteiger partial charge in [0, 0.05) is 36.5 Å². The highest BCUT2D eigenvalue weighted by atomic mass is 16.6. The van der Waals surface area contributed by atoms with Gasteiger partial charge in [0.25, 0.3) is 11.5 Å². The molecule has 2 aliphatic rings. The second-order valence-corrected chi connectivity index (χ2v) is 7.77. The molecule has 0 saturated carbocycles. The van der Waals surface area contributed by atoms with E-state index in [1.807, 2.05) is 24.3 Å². The molecular formula is C24H22N4O5. The lowest BCUT2D eigenvalue weighted by Gasteiger charge is -2.19. The first-order chi connectivity index (χ1) is 16.1. The van der Waals surface area contributed by atoms with E-state index in [-0.39, 0.29) is 36.0 Å². The van der Waals surface area contributed by atoms with Crippen LogP contribution in [0.4, 0.5) is 11.4 Å². The molecule has 0 fully saturated rings. The zero-order valence-corrected chi connectivity index (χ0v) is 17.8. The largest absolute Gasteiger partial charge is 0.486 e. The van der Waals surface area contributed by atoms with E-state index in [0.717, 1.165) is 22.4 Å². The lowest BCUT2D eigenvalue weighted by atomic mass is 10.2. The Kier molecular flexibility index (Phi) is 5.52. The quantitative estimate of drug-likeness (QED) is 0.645. The number of nitrogens with one attached hydrogen (secondary N) is 1. The molecule has 3 heterocycles. The molecule has 2 aromatic carbocycles. The predicted octanol–water partition coefficient (Wildman–Crippen LogP) is 2.25. The Hall–Kier alpha value is -4.14. The fourth-order valence-corrected chi connectivity index (χ4v) is 3.96. The molecule has 1 aromatic heterocycles. The van der Waals surface area contributed by atoms with Crippen LogP contribution in [-0.2, 0) is 17.8 Å². The van der Waals surface area contributed by atoms with E-state index in [4.69, 9.17) is 9.47 Å². The minimum atomic E-state index is -0.375. The van der Waals surface area contributed by atoms with Crippen molar-refractivity contribution in [2.45, 2.75) is 19.4 Å². The summed E-state index contributed by atoms with van der Waals surface area (Å²) in [6, 6.07) is 15.6. The van der Waals surface area contributed by atoms with Crippen molar-refractivity contribution in [2.24, 2.45) is 0 Å². The van der Waals surface area contributed by atoms with Crippen molar-refractivity contribution in [2.75, 3.05) is 30.0 Å². The first-order valence-corrected chi connectivity index (χ1v) is 10.8. The average molecular weight is 446 g/mol. The highest BCUT2D eigenvalue weighted by molar-refractivity contribution is 6.05. The number of aromatic nitrogens is 2. The molecule has 168 valence electrons. The third kappa shape index (κ3) is 4.30. The van der Waals surface area contributed by atoms with E-state index in [9.17, 15) is 14.4 Å². The molecule has 0 unspecified atom stereocenters. The first kappa shape index (κ1) is 20.7. The van der Waals surface area contributed by atoms with Gasteiger partial charge < -0.3 is 19.7 Å². The van der Waals surface area contributed by atoms with Crippen LogP contribution in [0.1, 0.15) is 22.5 Å². The number of ether oxygens (including phenoxy) is 2. The lowest BCUT2D eigenvalue weighted by Crippen LogP contribution is -2.33. The van der Waals surface area contributed by atoms with Crippen molar-refractivity contribution < 1.29 is 19.1 Å². The van der Waals surface area contributed by atoms with Crippen molar-refractivity contribution in [3.8, 4) is 11.5 Å². The highest BCUT2D eigenvalue weighted by Crippen LogP contribution is 2.32. The summed E-state index contributed by atoms with van der Waals surface area (Å²) in [7, 11) is 0. The smallest absolute Gasteiger partial charge is 0.278 e. The number of anilines is 2. The molecule has 33 heavy (non-hydrogen) atoms. The van der Waals surface area contributed by atoms with Gasteiger partial charge in [0.05, 0.1) is 6.54 Å². The van der Waals surface area contributed by atoms with E-state index < -0.39 is 0 Å². The van der Waals surface area contributed by atoms with E-state index in [1.165, 1.54) is 12.1 Å². The maximum absolute atomic E-state index is 13.0. The molecule has 0 bridgehead atoms. The zero-order valence-electron chi connectivity index (χ0n) is 17.8. The molecule has 2 amide bonds. The van der Waals surface area contributed by atoms with Gasteiger partial charge >= 0.3 is 0 Å². The standard InChI is InChI=1S/C24H22N4O5/c29-22(25-17-5-7-20-21(15-17)33-14-13-32-20)10-12-28-23(30)8-6-18(26-28)24(31)27-11-9-16-3-1-2-4-19(16)27/h1-8,15H,9-14H2,(H,25,29). The Labute approximate surface area is 189 Å². The van der Waals surface area contributed by atoms with Gasteiger partial charge in [-0.2, -0.15) is 5.10 Å². The molecular weight excluding hydrogens is 424 g/mol. The summed E-state index contributed by atoms with van der Waals surface area (Å²) >= 11 is 0. The van der Waals surface area contributed by atoms with Crippen LogP contribution in [0.15, 0.2) is 59.4 Å². The van der Waals surface area contributed by atoms with Crippen molar-refractivity contribution in [1.29, 1.82) is 0 Å². The molecule has 9 nitrogen and oxygen atoms in total. The van der Waals surface area contributed by atoms with Crippen molar-refractivity contribution >= 4 is 23.2 Å². The van der Waals surface area contributed by atoms with Crippen LogP contribution >= 0.6 is 0 Å². The molecule has 0 spiro atoms. The third-order valence-electron chi connectivity index (χ3n) is 5.59. The van der Waals surface area contributed by atoms with Gasteiger partial charge in [-0.25, -0.2) is 4.68 Å². The Morgan fingerprint density at radius 3 is 2.70 bits per heavy atom. The molecule has 0 saturated heterocycles. The summed E-state index contributed by atoms with van der Waals surface area (Å²) in [4.78, 5) is 39.4. The Morgan fingerprint density at radius 1 is 1.00 bits per heavy atom. The number of fused-ring (bicyclic) bond motifs is 2. The number of carbonyl (C=O) groups excluding carboxylic acids is 2. The van der Waals surface area contributed by atoms with Gasteiger partial charge in [0.15, 0.2) is 11.5 Å². The number of rotatable bonds is 5. The van der Waals surface area contributed by atoms with Crippen LogP contribution < -0.4 is 25.2 Å². The van der Waals surface area contributed by atoms with Gasteiger partial charge in [-0.1, -0.05) is 18.2 Å². The molecule has 1 N–H and O–H groups in total. The number of nitrogens with zero attached hydrogens (tertiary/aromatic N) is 3. The summed E-state index contributed by atoms with van der Waals surface area (Å²) in [6.45, 7) is 1.56.